The number of nitro groups is 1. The summed E-state index contributed by atoms with van der Waals surface area (Å²) in [5.41, 5.74) is 2.50. The third-order valence-electron chi connectivity index (χ3n) is 4.23. The van der Waals surface area contributed by atoms with E-state index in [-0.39, 0.29) is 17.3 Å². The smallest absolute Gasteiger partial charge is 0.276 e. The summed E-state index contributed by atoms with van der Waals surface area (Å²) in [6, 6.07) is 17.4. The summed E-state index contributed by atoms with van der Waals surface area (Å²) in [7, 11) is 0. The highest BCUT2D eigenvalue weighted by Crippen LogP contribution is 2.15. The van der Waals surface area contributed by atoms with E-state index in [0.717, 1.165) is 5.56 Å². The van der Waals surface area contributed by atoms with E-state index in [1.165, 1.54) is 16.8 Å². The average molecular weight is 388 g/mol. The minimum atomic E-state index is -0.469. The second kappa shape index (κ2) is 7.77. The second-order valence-electron chi connectivity index (χ2n) is 6.29. The minimum absolute atomic E-state index is 0.00797. The molecule has 0 atom stereocenters. The van der Waals surface area contributed by atoms with Gasteiger partial charge in [-0.1, -0.05) is 30.3 Å². The molecule has 9 nitrogen and oxygen atoms in total. The molecule has 0 aliphatic carbocycles. The highest BCUT2D eigenvalue weighted by Gasteiger charge is 2.12. The lowest BCUT2D eigenvalue weighted by Gasteiger charge is -2.02. The zero-order valence-electron chi connectivity index (χ0n) is 15.2. The van der Waals surface area contributed by atoms with Crippen LogP contribution in [0.1, 0.15) is 16.1 Å². The van der Waals surface area contributed by atoms with Crippen LogP contribution in [0, 0.1) is 10.1 Å². The van der Waals surface area contributed by atoms with Crippen LogP contribution in [0.3, 0.4) is 0 Å². The van der Waals surface area contributed by atoms with Crippen molar-refractivity contribution in [3.8, 4) is 5.69 Å². The van der Waals surface area contributed by atoms with Crippen LogP contribution in [0.25, 0.3) is 5.69 Å². The molecule has 2 aromatic heterocycles. The van der Waals surface area contributed by atoms with Crippen molar-refractivity contribution in [1.29, 1.82) is 0 Å². The van der Waals surface area contributed by atoms with Crippen molar-refractivity contribution in [1.82, 2.24) is 19.6 Å². The summed E-state index contributed by atoms with van der Waals surface area (Å²) in [6.45, 7) is 0.603. The van der Waals surface area contributed by atoms with Gasteiger partial charge in [0.15, 0.2) is 5.69 Å². The molecule has 0 bridgehead atoms. The second-order valence-corrected chi connectivity index (χ2v) is 6.29. The molecule has 0 spiro atoms. The number of nitrogens with zero attached hydrogens (tertiary/aromatic N) is 5. The molecular formula is C20H16N6O3. The van der Waals surface area contributed by atoms with Gasteiger partial charge in [-0.05, 0) is 23.8 Å². The Bertz CT molecular complexity index is 1150. The highest BCUT2D eigenvalue weighted by atomic mass is 16.6. The Kier molecular flexibility index (Phi) is 4.85. The van der Waals surface area contributed by atoms with Crippen LogP contribution in [-0.4, -0.2) is 30.4 Å². The van der Waals surface area contributed by atoms with Crippen molar-refractivity contribution < 1.29 is 9.72 Å². The predicted molar refractivity (Wildman–Crippen MR) is 106 cm³/mol. The maximum atomic E-state index is 12.5. The predicted octanol–water partition coefficient (Wildman–Crippen LogP) is 3.28. The number of non-ortho nitro benzene ring substituents is 1. The summed E-state index contributed by atoms with van der Waals surface area (Å²) < 4.78 is 3.22. The van der Waals surface area contributed by atoms with E-state index in [0.29, 0.717) is 17.9 Å². The Hall–Kier alpha value is -4.27. The van der Waals surface area contributed by atoms with Crippen LogP contribution < -0.4 is 5.32 Å². The van der Waals surface area contributed by atoms with Crippen LogP contribution in [0.2, 0.25) is 0 Å². The van der Waals surface area contributed by atoms with Gasteiger partial charge in [0.1, 0.15) is 0 Å². The van der Waals surface area contributed by atoms with Gasteiger partial charge >= 0.3 is 0 Å². The average Bonchev–Trinajstić information content (AvgIpc) is 3.39. The van der Waals surface area contributed by atoms with Crippen molar-refractivity contribution in [2.24, 2.45) is 0 Å². The van der Waals surface area contributed by atoms with Gasteiger partial charge in [0.05, 0.1) is 29.0 Å². The Morgan fingerprint density at radius 3 is 2.55 bits per heavy atom. The van der Waals surface area contributed by atoms with Crippen LogP contribution in [0.15, 0.2) is 79.3 Å². The molecule has 144 valence electrons. The Balaban J connectivity index is 1.42. The van der Waals surface area contributed by atoms with Gasteiger partial charge in [-0.2, -0.15) is 10.2 Å². The van der Waals surface area contributed by atoms with Crippen molar-refractivity contribution in [2.45, 2.75) is 6.54 Å². The first-order valence-corrected chi connectivity index (χ1v) is 8.77. The number of nitro benzene ring substituents is 1. The van der Waals surface area contributed by atoms with Gasteiger partial charge < -0.3 is 5.32 Å². The van der Waals surface area contributed by atoms with Gasteiger partial charge in [-0.25, -0.2) is 4.68 Å². The van der Waals surface area contributed by atoms with Gasteiger partial charge in [0.2, 0.25) is 0 Å². The molecule has 0 unspecified atom stereocenters. The molecule has 2 aromatic carbocycles. The minimum Gasteiger partial charge on any atom is -0.318 e. The fourth-order valence-corrected chi connectivity index (χ4v) is 2.80. The van der Waals surface area contributed by atoms with Crippen molar-refractivity contribution in [3.05, 3.63) is 101 Å². The molecule has 0 fully saturated rings. The van der Waals surface area contributed by atoms with Gasteiger partial charge in [0, 0.05) is 24.5 Å². The number of anilines is 1. The topological polar surface area (TPSA) is 108 Å². The van der Waals surface area contributed by atoms with Gasteiger partial charge in [-0.15, -0.1) is 0 Å². The summed E-state index contributed by atoms with van der Waals surface area (Å²) >= 11 is 0. The van der Waals surface area contributed by atoms with Gasteiger partial charge in [0.25, 0.3) is 11.6 Å². The lowest BCUT2D eigenvalue weighted by atomic mass is 10.2. The number of rotatable bonds is 6. The third kappa shape index (κ3) is 4.19. The lowest BCUT2D eigenvalue weighted by Crippen LogP contribution is -2.12. The van der Waals surface area contributed by atoms with E-state index in [1.54, 1.807) is 41.5 Å². The molecule has 29 heavy (non-hydrogen) atoms. The van der Waals surface area contributed by atoms with E-state index in [2.05, 4.69) is 15.5 Å². The molecule has 1 N–H and O–H groups in total. The number of aromatic nitrogens is 4. The van der Waals surface area contributed by atoms with E-state index < -0.39 is 4.92 Å². The lowest BCUT2D eigenvalue weighted by molar-refractivity contribution is -0.384. The number of carbonyl (C=O) groups excluding carboxylic acids is 1. The molecule has 0 radical (unpaired) electrons. The fraction of sp³-hybridized carbons (Fsp3) is 0.0500. The number of benzene rings is 2. The molecular weight excluding hydrogens is 372 g/mol. The monoisotopic (exact) mass is 388 g/mol. The number of nitrogens with one attached hydrogen (secondary N) is 1. The van der Waals surface area contributed by atoms with E-state index >= 15 is 0 Å². The summed E-state index contributed by atoms with van der Waals surface area (Å²) in [5.74, 6) is -0.370. The first-order chi connectivity index (χ1) is 14.1. The Morgan fingerprint density at radius 2 is 1.83 bits per heavy atom. The van der Waals surface area contributed by atoms with E-state index in [1.807, 2.05) is 30.3 Å². The zero-order chi connectivity index (χ0) is 20.2. The molecule has 0 saturated carbocycles. The molecule has 0 aliphatic rings. The number of hydrogen-bond acceptors (Lipinski definition) is 5. The normalized spacial score (nSPS) is 10.6. The zero-order valence-corrected chi connectivity index (χ0v) is 15.2. The standard InChI is InChI=1S/C20H16N6O3/c27-20(22-16-12-21-24(14-16)13-15-4-2-1-3-5-15)19-10-11-25(23-19)17-6-8-18(9-7-17)26(28)29/h1-12,14H,13H2,(H,22,27). The van der Waals surface area contributed by atoms with Crippen molar-refractivity contribution >= 4 is 17.3 Å². The summed E-state index contributed by atoms with van der Waals surface area (Å²) in [6.07, 6.45) is 4.95. The quantitative estimate of drug-likeness (QED) is 0.403. The van der Waals surface area contributed by atoms with Gasteiger partial charge in [-0.3, -0.25) is 19.6 Å². The summed E-state index contributed by atoms with van der Waals surface area (Å²) in [4.78, 5) is 22.7. The van der Waals surface area contributed by atoms with E-state index in [4.69, 9.17) is 0 Å². The number of carbonyl (C=O) groups is 1. The first kappa shape index (κ1) is 18.1. The maximum Gasteiger partial charge on any atom is 0.276 e. The molecule has 9 heteroatoms. The first-order valence-electron chi connectivity index (χ1n) is 8.77. The molecule has 4 rings (SSSR count). The Morgan fingerprint density at radius 1 is 1.07 bits per heavy atom. The van der Waals surface area contributed by atoms with Crippen LogP contribution in [0.5, 0.6) is 0 Å². The number of hydrogen-bond donors (Lipinski definition) is 1. The SMILES string of the molecule is O=C(Nc1cnn(Cc2ccccc2)c1)c1ccn(-c2ccc([N+](=O)[O-])cc2)n1. The Labute approximate surface area is 165 Å². The van der Waals surface area contributed by atoms with Crippen LogP contribution in [-0.2, 0) is 6.54 Å². The van der Waals surface area contributed by atoms with E-state index in [9.17, 15) is 14.9 Å². The molecule has 0 saturated heterocycles. The van der Waals surface area contributed by atoms with Crippen molar-refractivity contribution in [2.75, 3.05) is 5.32 Å². The van der Waals surface area contributed by atoms with Crippen LogP contribution in [0.4, 0.5) is 11.4 Å². The molecule has 4 aromatic rings. The number of amides is 1. The molecule has 1 amide bonds. The third-order valence-corrected chi connectivity index (χ3v) is 4.23. The van der Waals surface area contributed by atoms with Crippen LogP contribution >= 0.6 is 0 Å². The molecule has 2 heterocycles. The highest BCUT2D eigenvalue weighted by molar-refractivity contribution is 6.02. The van der Waals surface area contributed by atoms with Crippen molar-refractivity contribution in [3.63, 3.8) is 0 Å². The fourth-order valence-electron chi connectivity index (χ4n) is 2.80. The largest absolute Gasteiger partial charge is 0.318 e. The molecule has 0 aliphatic heterocycles. The summed E-state index contributed by atoms with van der Waals surface area (Å²) in [5, 5.41) is 22.0. The maximum absolute atomic E-state index is 12.5.